The van der Waals surface area contributed by atoms with Gasteiger partial charge in [-0.15, -0.1) is 0 Å². The average molecular weight is 256 g/mol. The van der Waals surface area contributed by atoms with Crippen LogP contribution in [0.1, 0.15) is 6.92 Å². The first-order chi connectivity index (χ1) is 7.62. The molecule has 2 rings (SSSR count). The van der Waals surface area contributed by atoms with Crippen LogP contribution in [0.4, 0.5) is 13.2 Å². The summed E-state index contributed by atoms with van der Waals surface area (Å²) in [5.74, 6) is -2.76. The molecule has 0 aromatic carbocycles. The number of halogens is 3. The standard InChI is InChI=1S/C7H14N2O.C2HF3O2/c1-7(10)4-9(5-7)6-2-8-3-6;3-2(4,5)1(6)7/h6,8,10H,2-5H2,1H3;(H,6,7). The topological polar surface area (TPSA) is 72.8 Å². The number of nitrogens with zero attached hydrogens (tertiary/aromatic N) is 1. The van der Waals surface area contributed by atoms with Crippen molar-refractivity contribution in [3.05, 3.63) is 0 Å². The van der Waals surface area contributed by atoms with Gasteiger partial charge >= 0.3 is 12.1 Å². The zero-order valence-corrected chi connectivity index (χ0v) is 9.29. The van der Waals surface area contributed by atoms with Crippen molar-refractivity contribution in [2.24, 2.45) is 0 Å². The van der Waals surface area contributed by atoms with E-state index in [4.69, 9.17) is 9.90 Å². The first kappa shape index (κ1) is 14.2. The Kier molecular flexibility index (Phi) is 4.00. The van der Waals surface area contributed by atoms with Crippen molar-refractivity contribution in [1.82, 2.24) is 10.2 Å². The lowest BCUT2D eigenvalue weighted by Gasteiger charge is -2.51. The SMILES string of the molecule is CC1(O)CN(C2CNC2)C1.O=C(O)C(F)(F)F. The Hall–Kier alpha value is -0.860. The zero-order valence-electron chi connectivity index (χ0n) is 9.29. The van der Waals surface area contributed by atoms with E-state index >= 15 is 0 Å². The van der Waals surface area contributed by atoms with E-state index in [0.717, 1.165) is 26.2 Å². The Labute approximate surface area is 96.2 Å². The number of rotatable bonds is 1. The number of β-amino-alcohol motifs (C(OH)–C–C–N with tert-alkyl or cyclic N) is 1. The molecule has 0 aliphatic carbocycles. The number of alkyl halides is 3. The van der Waals surface area contributed by atoms with Gasteiger partial charge in [0.05, 0.1) is 5.60 Å². The number of carboxylic acids is 1. The van der Waals surface area contributed by atoms with Gasteiger partial charge in [-0.1, -0.05) is 0 Å². The Morgan fingerprint density at radius 2 is 1.82 bits per heavy atom. The van der Waals surface area contributed by atoms with Crippen molar-refractivity contribution in [3.8, 4) is 0 Å². The molecular formula is C9H15F3N2O3. The summed E-state index contributed by atoms with van der Waals surface area (Å²) >= 11 is 0. The molecule has 0 aromatic heterocycles. The number of likely N-dealkylation sites (tertiary alicyclic amines) is 1. The van der Waals surface area contributed by atoms with Gasteiger partial charge in [-0.05, 0) is 6.92 Å². The minimum absolute atomic E-state index is 0.393. The van der Waals surface area contributed by atoms with Crippen molar-refractivity contribution in [3.63, 3.8) is 0 Å². The fourth-order valence-electron chi connectivity index (χ4n) is 1.62. The van der Waals surface area contributed by atoms with Crippen molar-refractivity contribution in [2.75, 3.05) is 26.2 Å². The Morgan fingerprint density at radius 3 is 2.00 bits per heavy atom. The van der Waals surface area contributed by atoms with E-state index in [1.165, 1.54) is 0 Å². The molecule has 2 saturated heterocycles. The maximum absolute atomic E-state index is 10.6. The number of hydrogen-bond donors (Lipinski definition) is 3. The van der Waals surface area contributed by atoms with Crippen LogP contribution in [0.15, 0.2) is 0 Å². The van der Waals surface area contributed by atoms with E-state index in [1.54, 1.807) is 0 Å². The third-order valence-electron chi connectivity index (χ3n) is 2.61. The number of hydrogen-bond acceptors (Lipinski definition) is 4. The summed E-state index contributed by atoms with van der Waals surface area (Å²) in [7, 11) is 0. The van der Waals surface area contributed by atoms with Crippen molar-refractivity contribution in [1.29, 1.82) is 0 Å². The molecule has 2 aliphatic heterocycles. The second-order valence-electron chi connectivity index (χ2n) is 4.52. The highest BCUT2D eigenvalue weighted by Crippen LogP contribution is 2.23. The normalized spacial score (nSPS) is 24.1. The first-order valence-corrected chi connectivity index (χ1v) is 5.09. The highest BCUT2D eigenvalue weighted by Gasteiger charge is 2.41. The summed E-state index contributed by atoms with van der Waals surface area (Å²) in [6, 6.07) is 0.709. The maximum atomic E-state index is 10.6. The van der Waals surface area contributed by atoms with Crippen LogP contribution < -0.4 is 5.32 Å². The molecule has 2 aliphatic rings. The van der Waals surface area contributed by atoms with Crippen LogP contribution in [0.25, 0.3) is 0 Å². The van der Waals surface area contributed by atoms with Gasteiger partial charge in [0.1, 0.15) is 0 Å². The number of carbonyl (C=O) groups is 1. The Morgan fingerprint density at radius 1 is 1.41 bits per heavy atom. The molecule has 0 atom stereocenters. The molecule has 0 unspecified atom stereocenters. The summed E-state index contributed by atoms with van der Waals surface area (Å²) in [4.78, 5) is 11.2. The number of nitrogens with one attached hydrogen (secondary N) is 1. The van der Waals surface area contributed by atoms with Crippen LogP contribution in [-0.4, -0.2) is 65.1 Å². The van der Waals surface area contributed by atoms with Gasteiger partial charge in [-0.2, -0.15) is 13.2 Å². The fraction of sp³-hybridized carbons (Fsp3) is 0.889. The zero-order chi connectivity index (χ0) is 13.3. The van der Waals surface area contributed by atoms with E-state index in [-0.39, 0.29) is 0 Å². The van der Waals surface area contributed by atoms with Crippen LogP contribution in [0.3, 0.4) is 0 Å². The minimum atomic E-state index is -5.08. The summed E-state index contributed by atoms with van der Waals surface area (Å²) in [5.41, 5.74) is -0.393. The second-order valence-corrected chi connectivity index (χ2v) is 4.52. The van der Waals surface area contributed by atoms with E-state index < -0.39 is 17.7 Å². The van der Waals surface area contributed by atoms with E-state index in [9.17, 15) is 18.3 Å². The summed E-state index contributed by atoms with van der Waals surface area (Å²) < 4.78 is 31.7. The molecule has 2 fully saturated rings. The smallest absolute Gasteiger partial charge is 0.475 e. The summed E-state index contributed by atoms with van der Waals surface area (Å²) in [6.45, 7) is 5.83. The van der Waals surface area contributed by atoms with Gasteiger partial charge in [0.15, 0.2) is 0 Å². The molecule has 8 heteroatoms. The predicted molar refractivity (Wildman–Crippen MR) is 52.5 cm³/mol. The van der Waals surface area contributed by atoms with Crippen LogP contribution >= 0.6 is 0 Å². The fourth-order valence-corrected chi connectivity index (χ4v) is 1.62. The highest BCUT2D eigenvalue weighted by molar-refractivity contribution is 5.73. The third-order valence-corrected chi connectivity index (χ3v) is 2.61. The molecule has 2 heterocycles. The van der Waals surface area contributed by atoms with E-state index in [2.05, 4.69) is 10.2 Å². The molecule has 5 nitrogen and oxygen atoms in total. The molecule has 17 heavy (non-hydrogen) atoms. The third kappa shape index (κ3) is 4.14. The lowest BCUT2D eigenvalue weighted by molar-refractivity contribution is -0.192. The molecule has 0 aromatic rings. The Bertz CT molecular complexity index is 282. The van der Waals surface area contributed by atoms with E-state index in [1.807, 2.05) is 6.92 Å². The minimum Gasteiger partial charge on any atom is -0.475 e. The predicted octanol–water partition coefficient (Wildman–Crippen LogP) is -0.342. The van der Waals surface area contributed by atoms with Crippen LogP contribution in [-0.2, 0) is 4.79 Å². The lowest BCUT2D eigenvalue weighted by atomic mass is 9.93. The number of aliphatic carboxylic acids is 1. The average Bonchev–Trinajstić information content (AvgIpc) is 1.96. The number of carboxylic acid groups (broad SMARTS) is 1. The largest absolute Gasteiger partial charge is 0.490 e. The maximum Gasteiger partial charge on any atom is 0.490 e. The van der Waals surface area contributed by atoms with Gasteiger partial charge in [-0.25, -0.2) is 4.79 Å². The number of aliphatic hydroxyl groups is 1. The first-order valence-electron chi connectivity index (χ1n) is 5.09. The Balaban J connectivity index is 0.000000185. The quantitative estimate of drug-likeness (QED) is 0.598. The molecule has 0 radical (unpaired) electrons. The molecule has 100 valence electrons. The van der Waals surface area contributed by atoms with Crippen LogP contribution in [0, 0.1) is 0 Å². The van der Waals surface area contributed by atoms with Crippen LogP contribution in [0.5, 0.6) is 0 Å². The molecule has 0 amide bonds. The molecule has 0 spiro atoms. The molecule has 0 saturated carbocycles. The summed E-state index contributed by atoms with van der Waals surface area (Å²) in [6.07, 6.45) is -5.08. The second kappa shape index (κ2) is 4.79. The van der Waals surface area contributed by atoms with E-state index in [0.29, 0.717) is 6.04 Å². The molecule has 0 bridgehead atoms. The van der Waals surface area contributed by atoms with Crippen molar-refractivity contribution in [2.45, 2.75) is 24.7 Å². The molecule has 3 N–H and O–H groups in total. The van der Waals surface area contributed by atoms with Gasteiger partial charge in [0.25, 0.3) is 0 Å². The van der Waals surface area contributed by atoms with Crippen LogP contribution in [0.2, 0.25) is 0 Å². The molecular weight excluding hydrogens is 241 g/mol. The van der Waals surface area contributed by atoms with Crippen molar-refractivity contribution >= 4 is 5.97 Å². The van der Waals surface area contributed by atoms with Gasteiger partial charge in [0, 0.05) is 32.2 Å². The van der Waals surface area contributed by atoms with Gasteiger partial charge < -0.3 is 15.5 Å². The highest BCUT2D eigenvalue weighted by atomic mass is 19.4. The monoisotopic (exact) mass is 256 g/mol. The van der Waals surface area contributed by atoms with Crippen molar-refractivity contribution < 1.29 is 28.2 Å². The summed E-state index contributed by atoms with van der Waals surface area (Å²) in [5, 5.41) is 19.7. The van der Waals surface area contributed by atoms with Gasteiger partial charge in [0.2, 0.25) is 0 Å². The lowest BCUT2D eigenvalue weighted by Crippen LogP contribution is -2.69. The van der Waals surface area contributed by atoms with Gasteiger partial charge in [-0.3, -0.25) is 4.90 Å².